The van der Waals surface area contributed by atoms with Gasteiger partial charge in [0.05, 0.1) is 17.5 Å². The Kier molecular flexibility index (Phi) is 4.23. The van der Waals surface area contributed by atoms with Gasteiger partial charge in [-0.2, -0.15) is 0 Å². The van der Waals surface area contributed by atoms with E-state index in [0.29, 0.717) is 22.9 Å². The number of ether oxygens (including phenoxy) is 1. The van der Waals surface area contributed by atoms with Crippen LogP contribution in [0, 0.1) is 0 Å². The molecule has 0 saturated heterocycles. The average Bonchev–Trinajstić information content (AvgIpc) is 2.20. The molecule has 1 rings (SSSR count). The summed E-state index contributed by atoms with van der Waals surface area (Å²) in [6.07, 6.45) is 0. The second kappa shape index (κ2) is 5.23. The van der Waals surface area contributed by atoms with Gasteiger partial charge < -0.3 is 4.74 Å². The van der Waals surface area contributed by atoms with Gasteiger partial charge in [-0.3, -0.25) is 4.79 Å². The molecule has 1 aromatic carbocycles. The van der Waals surface area contributed by atoms with Crippen LogP contribution in [-0.2, 0) is 0 Å². The van der Waals surface area contributed by atoms with Crippen molar-refractivity contribution in [1.29, 1.82) is 0 Å². The van der Waals surface area contributed by atoms with E-state index in [9.17, 15) is 4.79 Å². The minimum atomic E-state index is -0.196. The molecule has 1 aromatic rings. The summed E-state index contributed by atoms with van der Waals surface area (Å²) in [7, 11) is 0. The number of alkyl halides is 1. The van der Waals surface area contributed by atoms with Crippen molar-refractivity contribution >= 4 is 29.0 Å². The van der Waals surface area contributed by atoms with Gasteiger partial charge in [-0.25, -0.2) is 0 Å². The molecule has 0 saturated carbocycles. The van der Waals surface area contributed by atoms with Crippen molar-refractivity contribution in [2.24, 2.45) is 0 Å². The van der Waals surface area contributed by atoms with Gasteiger partial charge in [0.15, 0.2) is 5.78 Å². The topological polar surface area (TPSA) is 26.3 Å². The minimum absolute atomic E-state index is 0.0741. The zero-order valence-corrected chi connectivity index (χ0v) is 9.23. The van der Waals surface area contributed by atoms with Crippen molar-refractivity contribution in [1.82, 2.24) is 0 Å². The van der Waals surface area contributed by atoms with Crippen LogP contribution in [0.3, 0.4) is 0 Å². The number of benzene rings is 1. The summed E-state index contributed by atoms with van der Waals surface area (Å²) in [5.74, 6) is 0.360. The molecule has 4 heteroatoms. The smallest absolute Gasteiger partial charge is 0.179 e. The molecule has 14 heavy (non-hydrogen) atoms. The van der Waals surface area contributed by atoms with Crippen LogP contribution in [0.15, 0.2) is 18.2 Å². The molecule has 0 atom stereocenters. The van der Waals surface area contributed by atoms with Crippen molar-refractivity contribution in [3.05, 3.63) is 28.8 Å². The second-order valence-corrected chi connectivity index (χ2v) is 3.31. The molecule has 0 radical (unpaired) electrons. The van der Waals surface area contributed by atoms with Crippen LogP contribution in [0.2, 0.25) is 5.02 Å². The van der Waals surface area contributed by atoms with Gasteiger partial charge in [0, 0.05) is 5.56 Å². The van der Waals surface area contributed by atoms with Gasteiger partial charge in [-0.05, 0) is 25.1 Å². The lowest BCUT2D eigenvalue weighted by Gasteiger charge is -2.06. The van der Waals surface area contributed by atoms with Gasteiger partial charge >= 0.3 is 0 Å². The van der Waals surface area contributed by atoms with Crippen molar-refractivity contribution in [2.75, 3.05) is 12.5 Å². The van der Waals surface area contributed by atoms with Crippen LogP contribution in [0.5, 0.6) is 5.75 Å². The SMILES string of the molecule is CCOc1ccc(Cl)c(C(=O)CCl)c1. The van der Waals surface area contributed by atoms with Crippen LogP contribution in [-0.4, -0.2) is 18.3 Å². The standard InChI is InChI=1S/C10H10Cl2O2/c1-2-14-7-3-4-9(12)8(5-7)10(13)6-11/h3-5H,2,6H2,1H3. The highest BCUT2D eigenvalue weighted by molar-refractivity contribution is 6.37. The molecule has 0 spiro atoms. The third-order valence-electron chi connectivity index (χ3n) is 1.67. The Bertz CT molecular complexity index is 337. The molecule has 76 valence electrons. The first-order chi connectivity index (χ1) is 6.69. The minimum Gasteiger partial charge on any atom is -0.494 e. The quantitative estimate of drug-likeness (QED) is 0.589. The Morgan fingerprint density at radius 1 is 1.50 bits per heavy atom. The van der Waals surface area contributed by atoms with E-state index in [0.717, 1.165) is 0 Å². The number of halogens is 2. The molecule has 0 aliphatic heterocycles. The van der Waals surface area contributed by atoms with Crippen LogP contribution in [0.1, 0.15) is 17.3 Å². The lowest BCUT2D eigenvalue weighted by atomic mass is 10.1. The van der Waals surface area contributed by atoms with E-state index in [-0.39, 0.29) is 11.7 Å². The van der Waals surface area contributed by atoms with E-state index in [1.807, 2.05) is 6.92 Å². The second-order valence-electron chi connectivity index (χ2n) is 2.63. The molecule has 0 bridgehead atoms. The summed E-state index contributed by atoms with van der Waals surface area (Å²) >= 11 is 11.3. The number of hydrogen-bond donors (Lipinski definition) is 0. The molecular formula is C10H10Cl2O2. The van der Waals surface area contributed by atoms with Crippen LogP contribution in [0.4, 0.5) is 0 Å². The average molecular weight is 233 g/mol. The van der Waals surface area contributed by atoms with Crippen molar-refractivity contribution in [3.63, 3.8) is 0 Å². The predicted molar refractivity (Wildman–Crippen MR) is 57.7 cm³/mol. The van der Waals surface area contributed by atoms with Crippen molar-refractivity contribution in [2.45, 2.75) is 6.92 Å². The van der Waals surface area contributed by atoms with E-state index in [1.54, 1.807) is 18.2 Å². The van der Waals surface area contributed by atoms with Gasteiger partial charge in [-0.15, -0.1) is 11.6 Å². The fourth-order valence-electron chi connectivity index (χ4n) is 1.05. The number of carbonyl (C=O) groups excluding carboxylic acids is 1. The normalized spacial score (nSPS) is 9.93. The third-order valence-corrected chi connectivity index (χ3v) is 2.24. The lowest BCUT2D eigenvalue weighted by molar-refractivity contribution is 0.102. The highest BCUT2D eigenvalue weighted by atomic mass is 35.5. The van der Waals surface area contributed by atoms with Gasteiger partial charge in [0.1, 0.15) is 5.75 Å². The molecule has 0 fully saturated rings. The Morgan fingerprint density at radius 2 is 2.21 bits per heavy atom. The zero-order valence-electron chi connectivity index (χ0n) is 7.72. The third kappa shape index (κ3) is 2.63. The largest absolute Gasteiger partial charge is 0.494 e. The number of ketones is 1. The molecule has 0 aliphatic rings. The molecular weight excluding hydrogens is 223 g/mol. The summed E-state index contributed by atoms with van der Waals surface area (Å²) < 4.78 is 5.24. The van der Waals surface area contributed by atoms with E-state index in [2.05, 4.69) is 0 Å². The maximum Gasteiger partial charge on any atom is 0.179 e. The predicted octanol–water partition coefficient (Wildman–Crippen LogP) is 3.16. The summed E-state index contributed by atoms with van der Waals surface area (Å²) in [6, 6.07) is 4.96. The molecule has 0 unspecified atom stereocenters. The first-order valence-corrected chi connectivity index (χ1v) is 5.11. The fraction of sp³-hybridized carbons (Fsp3) is 0.300. The monoisotopic (exact) mass is 232 g/mol. The Labute approximate surface area is 92.8 Å². The van der Waals surface area contributed by atoms with E-state index < -0.39 is 0 Å². The van der Waals surface area contributed by atoms with Crippen molar-refractivity contribution < 1.29 is 9.53 Å². The lowest BCUT2D eigenvalue weighted by Crippen LogP contribution is -2.02. The highest BCUT2D eigenvalue weighted by Gasteiger charge is 2.10. The van der Waals surface area contributed by atoms with Gasteiger partial charge in [-0.1, -0.05) is 11.6 Å². The van der Waals surface area contributed by atoms with Gasteiger partial charge in [0.2, 0.25) is 0 Å². The van der Waals surface area contributed by atoms with Crippen LogP contribution < -0.4 is 4.74 Å². The van der Waals surface area contributed by atoms with E-state index in [1.165, 1.54) is 0 Å². The van der Waals surface area contributed by atoms with Gasteiger partial charge in [0.25, 0.3) is 0 Å². The summed E-state index contributed by atoms with van der Waals surface area (Å²) in [4.78, 5) is 11.3. The van der Waals surface area contributed by atoms with Crippen LogP contribution >= 0.6 is 23.2 Å². The molecule has 0 heterocycles. The number of carbonyl (C=O) groups is 1. The van der Waals surface area contributed by atoms with E-state index >= 15 is 0 Å². The molecule has 0 N–H and O–H groups in total. The molecule has 0 aliphatic carbocycles. The first kappa shape index (κ1) is 11.3. The number of hydrogen-bond acceptors (Lipinski definition) is 2. The Morgan fingerprint density at radius 3 is 2.79 bits per heavy atom. The Balaban J connectivity index is 3.01. The first-order valence-electron chi connectivity index (χ1n) is 4.20. The van der Waals surface area contributed by atoms with Crippen LogP contribution in [0.25, 0.3) is 0 Å². The fourth-order valence-corrected chi connectivity index (χ4v) is 1.41. The molecule has 0 aromatic heterocycles. The summed E-state index contributed by atoms with van der Waals surface area (Å²) in [5.41, 5.74) is 0.410. The summed E-state index contributed by atoms with van der Waals surface area (Å²) in [6.45, 7) is 2.42. The maximum atomic E-state index is 11.3. The molecule has 0 amide bonds. The number of Topliss-reactive ketones (excluding diaryl/α,β-unsaturated/α-hetero) is 1. The van der Waals surface area contributed by atoms with Crippen molar-refractivity contribution in [3.8, 4) is 5.75 Å². The number of rotatable bonds is 4. The Hall–Kier alpha value is -0.730. The van der Waals surface area contributed by atoms with E-state index in [4.69, 9.17) is 27.9 Å². The summed E-state index contributed by atoms with van der Waals surface area (Å²) in [5, 5.41) is 0.402. The maximum absolute atomic E-state index is 11.3. The zero-order chi connectivity index (χ0) is 10.6. The molecule has 2 nitrogen and oxygen atoms in total. The highest BCUT2D eigenvalue weighted by Crippen LogP contribution is 2.22.